The van der Waals surface area contributed by atoms with E-state index in [9.17, 15) is 14.4 Å². The van der Waals surface area contributed by atoms with Crippen molar-refractivity contribution >= 4 is 11.6 Å². The van der Waals surface area contributed by atoms with Crippen LogP contribution in [0.4, 0.5) is 10.1 Å². The molecule has 1 aromatic rings. The average molecular weight is 397 g/mol. The van der Waals surface area contributed by atoms with Crippen LogP contribution >= 0.6 is 0 Å². The van der Waals surface area contributed by atoms with Crippen molar-refractivity contribution in [1.82, 2.24) is 15.5 Å². The predicted octanol–water partition coefficient (Wildman–Crippen LogP) is 1.27. The molecule has 7 heteroatoms. The molecule has 1 saturated carbocycles. The molecule has 6 nitrogen and oxygen atoms in total. The van der Waals surface area contributed by atoms with Crippen LogP contribution in [0.15, 0.2) is 18.2 Å². The summed E-state index contributed by atoms with van der Waals surface area (Å²) in [6.07, 6.45) is 3.42. The van der Waals surface area contributed by atoms with Crippen LogP contribution < -0.4 is 15.5 Å². The zero-order chi connectivity index (χ0) is 20.2. The molecule has 5 rings (SSSR count). The summed E-state index contributed by atoms with van der Waals surface area (Å²) in [6.45, 7) is 4.18. The first-order valence-corrected chi connectivity index (χ1v) is 10.6. The van der Waals surface area contributed by atoms with Gasteiger partial charge in [0.25, 0.3) is 0 Å². The van der Waals surface area contributed by atoms with Gasteiger partial charge in [-0.15, -0.1) is 0 Å². The number of fused-ring (bicyclic) bond motifs is 2. The molecule has 4 aliphatic rings. The Balaban J connectivity index is 1.18. The van der Waals surface area contributed by atoms with E-state index in [0.29, 0.717) is 22.9 Å². The average Bonchev–Trinajstić information content (AvgIpc) is 3.27. The third-order valence-corrected chi connectivity index (χ3v) is 7.20. The third-order valence-electron chi connectivity index (χ3n) is 7.20. The molecule has 1 spiro atoms. The second-order valence-electron chi connectivity index (χ2n) is 9.61. The van der Waals surface area contributed by atoms with E-state index in [4.69, 9.17) is 0 Å². The van der Waals surface area contributed by atoms with Gasteiger partial charge in [-0.2, -0.15) is 5.26 Å². The number of halogens is 1. The molecule has 3 saturated heterocycles. The second kappa shape index (κ2) is 6.96. The van der Waals surface area contributed by atoms with Crippen LogP contribution in [0.1, 0.15) is 24.8 Å². The Morgan fingerprint density at radius 2 is 2.17 bits per heavy atom. The van der Waals surface area contributed by atoms with Crippen molar-refractivity contribution in [3.05, 3.63) is 29.6 Å². The van der Waals surface area contributed by atoms with E-state index >= 15 is 0 Å². The fourth-order valence-electron chi connectivity index (χ4n) is 5.90. The Morgan fingerprint density at radius 1 is 1.38 bits per heavy atom. The predicted molar refractivity (Wildman–Crippen MR) is 108 cm³/mol. The second-order valence-corrected chi connectivity index (χ2v) is 9.61. The number of carbonyl (C=O) groups is 1. The number of amides is 1. The molecule has 4 fully saturated rings. The number of nitrogens with one attached hydrogen (secondary N) is 2. The highest BCUT2D eigenvalue weighted by Crippen LogP contribution is 2.41. The number of anilines is 1. The minimum atomic E-state index is -0.721. The summed E-state index contributed by atoms with van der Waals surface area (Å²) in [5.74, 6) is -0.0653. The van der Waals surface area contributed by atoms with Crippen molar-refractivity contribution in [3.8, 4) is 6.07 Å². The van der Waals surface area contributed by atoms with Gasteiger partial charge in [0, 0.05) is 49.7 Å². The van der Waals surface area contributed by atoms with E-state index in [-0.39, 0.29) is 24.2 Å². The molecule has 2 bridgehead atoms. The Kier molecular flexibility index (Phi) is 4.52. The van der Waals surface area contributed by atoms with Crippen LogP contribution in [0, 0.1) is 28.5 Å². The number of likely N-dealkylation sites (tertiary alicyclic amines) is 1. The number of nitrogens with zero attached hydrogens (tertiary/aromatic N) is 3. The van der Waals surface area contributed by atoms with Gasteiger partial charge in [-0.05, 0) is 49.9 Å². The van der Waals surface area contributed by atoms with Crippen molar-refractivity contribution < 1.29 is 9.18 Å². The van der Waals surface area contributed by atoms with Crippen molar-refractivity contribution in [2.75, 3.05) is 38.1 Å². The Morgan fingerprint density at radius 3 is 2.76 bits per heavy atom. The molecule has 3 unspecified atom stereocenters. The molecule has 3 aliphatic heterocycles. The Hall–Kier alpha value is -2.17. The number of nitriles is 1. The van der Waals surface area contributed by atoms with Gasteiger partial charge in [-0.3, -0.25) is 4.79 Å². The number of hydrogen-bond donors (Lipinski definition) is 2. The van der Waals surface area contributed by atoms with E-state index in [0.717, 1.165) is 51.1 Å². The SMILES string of the molecule is CN1CC2(C1)CN(c1ccc(C[C@@H](C#N)NC(=O)C3NC4CCC3C4)c(F)c1)C2. The van der Waals surface area contributed by atoms with Crippen molar-refractivity contribution in [3.63, 3.8) is 0 Å². The summed E-state index contributed by atoms with van der Waals surface area (Å²) >= 11 is 0. The zero-order valence-corrected chi connectivity index (χ0v) is 16.8. The maximum atomic E-state index is 14.7. The van der Waals surface area contributed by atoms with Crippen LogP contribution in [0.3, 0.4) is 0 Å². The Bertz CT molecular complexity index is 853. The van der Waals surface area contributed by atoms with E-state index in [2.05, 4.69) is 33.6 Å². The molecule has 1 aliphatic carbocycles. The molecule has 29 heavy (non-hydrogen) atoms. The fraction of sp³-hybridized carbons (Fsp3) is 0.636. The maximum Gasteiger partial charge on any atom is 0.238 e. The van der Waals surface area contributed by atoms with Crippen molar-refractivity contribution in [2.24, 2.45) is 11.3 Å². The summed E-state index contributed by atoms with van der Waals surface area (Å²) in [6, 6.07) is 6.89. The standard InChI is InChI=1S/C22H28FN5O/c1-27-10-22(11-27)12-28(13-22)18-5-3-14(19(23)8-18)6-17(9-24)26-21(29)20-15-2-4-16(7-15)25-20/h3,5,8,15-17,20,25H,2,4,6-7,10-13H2,1H3,(H,26,29)/t15?,16?,17-,20?/m0/s1. The summed E-state index contributed by atoms with van der Waals surface area (Å²) in [5.41, 5.74) is 1.77. The monoisotopic (exact) mass is 397 g/mol. The van der Waals surface area contributed by atoms with Gasteiger partial charge in [-0.1, -0.05) is 6.07 Å². The highest BCUT2D eigenvalue weighted by Gasteiger charge is 2.50. The zero-order valence-electron chi connectivity index (χ0n) is 16.8. The molecule has 154 valence electrons. The lowest BCUT2D eigenvalue weighted by Gasteiger charge is -2.60. The van der Waals surface area contributed by atoms with Gasteiger partial charge in [0.1, 0.15) is 11.9 Å². The molecule has 0 radical (unpaired) electrons. The maximum absolute atomic E-state index is 14.7. The van der Waals surface area contributed by atoms with E-state index < -0.39 is 6.04 Å². The van der Waals surface area contributed by atoms with E-state index in [1.54, 1.807) is 12.1 Å². The quantitative estimate of drug-likeness (QED) is 0.783. The van der Waals surface area contributed by atoms with Gasteiger partial charge < -0.3 is 20.4 Å². The number of benzene rings is 1. The molecule has 2 N–H and O–H groups in total. The molecule has 0 aromatic heterocycles. The number of hydrogen-bond acceptors (Lipinski definition) is 5. The molecular weight excluding hydrogens is 369 g/mol. The first kappa shape index (κ1) is 18.8. The van der Waals surface area contributed by atoms with Gasteiger partial charge in [0.2, 0.25) is 5.91 Å². The minimum Gasteiger partial charge on any atom is -0.370 e. The molecule has 1 amide bonds. The minimum absolute atomic E-state index is 0.128. The van der Waals surface area contributed by atoms with Gasteiger partial charge >= 0.3 is 0 Å². The molecule has 1 aromatic carbocycles. The van der Waals surface area contributed by atoms with Crippen LogP contribution in [0.25, 0.3) is 0 Å². The van der Waals surface area contributed by atoms with Gasteiger partial charge in [0.15, 0.2) is 0 Å². The highest BCUT2D eigenvalue weighted by molar-refractivity contribution is 5.83. The first-order valence-electron chi connectivity index (χ1n) is 10.6. The van der Waals surface area contributed by atoms with Crippen LogP contribution in [0.2, 0.25) is 0 Å². The Labute approximate surface area is 171 Å². The van der Waals surface area contributed by atoms with Crippen molar-refractivity contribution in [2.45, 2.75) is 43.8 Å². The smallest absolute Gasteiger partial charge is 0.238 e. The third kappa shape index (κ3) is 3.38. The lowest BCUT2D eigenvalue weighted by Crippen LogP contribution is -2.71. The van der Waals surface area contributed by atoms with Crippen LogP contribution in [-0.4, -0.2) is 62.2 Å². The lowest BCUT2D eigenvalue weighted by molar-refractivity contribution is -0.124. The summed E-state index contributed by atoms with van der Waals surface area (Å²) in [4.78, 5) is 17.1. The lowest BCUT2D eigenvalue weighted by atomic mass is 9.73. The number of carbonyl (C=O) groups excluding carboxylic acids is 1. The first-order chi connectivity index (χ1) is 13.9. The summed E-state index contributed by atoms with van der Waals surface area (Å²) < 4.78 is 14.7. The molecule has 3 heterocycles. The molecule has 4 atom stereocenters. The largest absolute Gasteiger partial charge is 0.370 e. The van der Waals surface area contributed by atoms with E-state index in [1.165, 1.54) is 0 Å². The van der Waals surface area contributed by atoms with E-state index in [1.807, 2.05) is 6.07 Å². The van der Waals surface area contributed by atoms with Crippen molar-refractivity contribution in [1.29, 1.82) is 5.26 Å². The van der Waals surface area contributed by atoms with Crippen LogP contribution in [0.5, 0.6) is 0 Å². The highest BCUT2D eigenvalue weighted by atomic mass is 19.1. The summed E-state index contributed by atoms with van der Waals surface area (Å²) in [7, 11) is 2.13. The van der Waals surface area contributed by atoms with Gasteiger partial charge in [-0.25, -0.2) is 4.39 Å². The normalized spacial score (nSPS) is 30.5. The molecular formula is C22H28FN5O. The topological polar surface area (TPSA) is 71.4 Å². The number of piperidine rings is 1. The fourth-order valence-corrected chi connectivity index (χ4v) is 5.90. The summed E-state index contributed by atoms with van der Waals surface area (Å²) in [5, 5.41) is 15.6. The van der Waals surface area contributed by atoms with Crippen LogP contribution in [-0.2, 0) is 11.2 Å². The van der Waals surface area contributed by atoms with Gasteiger partial charge in [0.05, 0.1) is 12.1 Å². The number of rotatable bonds is 5.